The van der Waals surface area contributed by atoms with Gasteiger partial charge in [-0.05, 0) is 48.7 Å². The van der Waals surface area contributed by atoms with Gasteiger partial charge in [-0.2, -0.15) is 4.31 Å². The van der Waals surface area contributed by atoms with Gasteiger partial charge in [0.1, 0.15) is 0 Å². The summed E-state index contributed by atoms with van der Waals surface area (Å²) in [5.41, 5.74) is 2.12. The molecule has 160 valence electrons. The second kappa shape index (κ2) is 9.45. The van der Waals surface area contributed by atoms with E-state index in [1.165, 1.54) is 10.4 Å². The van der Waals surface area contributed by atoms with E-state index in [2.05, 4.69) is 0 Å². The molecule has 6 heteroatoms. The van der Waals surface area contributed by atoms with Gasteiger partial charge in [0, 0.05) is 24.3 Å². The van der Waals surface area contributed by atoms with Gasteiger partial charge in [0.2, 0.25) is 10.0 Å². The Balaban J connectivity index is 1.66. The number of para-hydroxylation sites is 1. The summed E-state index contributed by atoms with van der Waals surface area (Å²) in [6, 6.07) is 25.6. The highest BCUT2D eigenvalue weighted by Gasteiger charge is 2.27. The number of carbonyl (C=O) groups excluding carboxylic acids is 1. The molecule has 3 aromatic rings. The van der Waals surface area contributed by atoms with Gasteiger partial charge in [0.15, 0.2) is 0 Å². The molecule has 0 atom stereocenters. The number of benzene rings is 3. The minimum absolute atomic E-state index is 0.174. The second-order valence-electron chi connectivity index (χ2n) is 7.71. The third-order valence-electron chi connectivity index (χ3n) is 5.53. The zero-order chi connectivity index (χ0) is 21.7. The molecule has 0 N–H and O–H groups in total. The minimum Gasteiger partial charge on any atom is -0.304 e. The van der Waals surface area contributed by atoms with Crippen LogP contribution in [0.4, 0.5) is 5.69 Å². The van der Waals surface area contributed by atoms with Crippen LogP contribution in [0.2, 0.25) is 0 Å². The van der Waals surface area contributed by atoms with Crippen molar-refractivity contribution in [2.75, 3.05) is 18.0 Å². The quantitative estimate of drug-likeness (QED) is 0.565. The number of hydrogen-bond donors (Lipinski definition) is 0. The van der Waals surface area contributed by atoms with E-state index < -0.39 is 10.0 Å². The second-order valence-corrected chi connectivity index (χ2v) is 9.64. The molecule has 0 aromatic heterocycles. The van der Waals surface area contributed by atoms with E-state index in [0.29, 0.717) is 25.2 Å². The zero-order valence-electron chi connectivity index (χ0n) is 17.4. The number of rotatable bonds is 6. The molecular weight excluding hydrogens is 408 g/mol. The molecular formula is C25H26N2O3S. The van der Waals surface area contributed by atoms with Gasteiger partial charge in [-0.25, -0.2) is 8.42 Å². The number of anilines is 1. The van der Waals surface area contributed by atoms with Crippen LogP contribution in [0.3, 0.4) is 0 Å². The summed E-state index contributed by atoms with van der Waals surface area (Å²) in [5, 5.41) is 0. The molecule has 4 rings (SSSR count). The zero-order valence-corrected chi connectivity index (χ0v) is 18.2. The normalized spacial score (nSPS) is 14.8. The number of amides is 1. The van der Waals surface area contributed by atoms with Gasteiger partial charge in [-0.3, -0.25) is 4.79 Å². The van der Waals surface area contributed by atoms with Crippen molar-refractivity contribution in [1.29, 1.82) is 0 Å². The predicted molar refractivity (Wildman–Crippen MR) is 122 cm³/mol. The van der Waals surface area contributed by atoms with E-state index in [9.17, 15) is 13.2 Å². The number of sulfonamides is 1. The minimum atomic E-state index is -3.60. The molecule has 31 heavy (non-hydrogen) atoms. The highest BCUT2D eigenvalue weighted by molar-refractivity contribution is 7.89. The van der Waals surface area contributed by atoms with E-state index in [-0.39, 0.29) is 10.8 Å². The van der Waals surface area contributed by atoms with Gasteiger partial charge in [0.25, 0.3) is 5.91 Å². The summed E-state index contributed by atoms with van der Waals surface area (Å²) in [6.45, 7) is 1.46. The molecule has 1 aliphatic heterocycles. The Labute approximate surface area is 184 Å². The number of piperidine rings is 1. The summed E-state index contributed by atoms with van der Waals surface area (Å²) in [4.78, 5) is 15.4. The largest absolute Gasteiger partial charge is 0.304 e. The predicted octanol–water partition coefficient (Wildman–Crippen LogP) is 4.71. The van der Waals surface area contributed by atoms with Gasteiger partial charge in [-0.15, -0.1) is 0 Å². The molecule has 1 aliphatic rings. The topological polar surface area (TPSA) is 57.7 Å². The molecule has 1 heterocycles. The first-order chi connectivity index (χ1) is 15.1. The fraction of sp³-hybridized carbons (Fsp3) is 0.240. The van der Waals surface area contributed by atoms with Crippen molar-refractivity contribution in [3.8, 4) is 0 Å². The molecule has 1 saturated heterocycles. The number of hydrogen-bond acceptors (Lipinski definition) is 3. The maximum absolute atomic E-state index is 13.5. The highest BCUT2D eigenvalue weighted by Crippen LogP contribution is 2.24. The molecule has 5 nitrogen and oxygen atoms in total. The van der Waals surface area contributed by atoms with E-state index in [1.54, 1.807) is 23.1 Å². The molecule has 1 fully saturated rings. The number of nitrogens with zero attached hydrogens (tertiary/aromatic N) is 2. The lowest BCUT2D eigenvalue weighted by molar-refractivity contribution is 0.0985. The lowest BCUT2D eigenvalue weighted by Gasteiger charge is -2.26. The van der Waals surface area contributed by atoms with Gasteiger partial charge in [0.05, 0.1) is 11.4 Å². The Morgan fingerprint density at radius 1 is 0.806 bits per heavy atom. The molecule has 0 spiro atoms. The Kier molecular flexibility index (Phi) is 6.49. The molecule has 0 unspecified atom stereocenters. The smallest absolute Gasteiger partial charge is 0.258 e. The van der Waals surface area contributed by atoms with E-state index in [1.807, 2.05) is 60.7 Å². The van der Waals surface area contributed by atoms with Crippen molar-refractivity contribution in [2.45, 2.75) is 30.7 Å². The van der Waals surface area contributed by atoms with Crippen molar-refractivity contribution in [3.05, 3.63) is 96.1 Å². The van der Waals surface area contributed by atoms with Crippen LogP contribution in [0.25, 0.3) is 0 Å². The first kappa shape index (κ1) is 21.3. The fourth-order valence-electron chi connectivity index (χ4n) is 3.85. The standard InChI is InChI=1S/C25H26N2O3S/c28-25(27(23-14-6-2-7-15-23)20-21-11-4-1-5-12-21)22-13-10-16-24(19-22)31(29,30)26-17-8-3-9-18-26/h1-2,4-7,10-16,19H,3,8-9,17-18,20H2. The van der Waals surface area contributed by atoms with Crippen LogP contribution >= 0.6 is 0 Å². The lowest BCUT2D eigenvalue weighted by Crippen LogP contribution is -2.36. The van der Waals surface area contributed by atoms with E-state index in [4.69, 9.17) is 0 Å². The van der Waals surface area contributed by atoms with Gasteiger partial charge < -0.3 is 4.90 Å². The van der Waals surface area contributed by atoms with Crippen LogP contribution in [-0.4, -0.2) is 31.7 Å². The average molecular weight is 435 g/mol. The summed E-state index contributed by atoms with van der Waals surface area (Å²) < 4.78 is 27.7. The first-order valence-corrected chi connectivity index (χ1v) is 12.0. The van der Waals surface area contributed by atoms with Crippen molar-refractivity contribution in [2.24, 2.45) is 0 Å². The molecule has 0 radical (unpaired) electrons. The Morgan fingerprint density at radius 3 is 2.13 bits per heavy atom. The molecule has 0 saturated carbocycles. The van der Waals surface area contributed by atoms with Crippen molar-refractivity contribution >= 4 is 21.6 Å². The SMILES string of the molecule is O=C(c1cccc(S(=O)(=O)N2CCCCC2)c1)N(Cc1ccccc1)c1ccccc1. The summed E-state index contributed by atoms with van der Waals surface area (Å²) in [6.07, 6.45) is 2.80. The average Bonchev–Trinajstić information content (AvgIpc) is 2.84. The van der Waals surface area contributed by atoms with Crippen molar-refractivity contribution < 1.29 is 13.2 Å². The Hall–Kier alpha value is -2.96. The molecule has 0 bridgehead atoms. The maximum Gasteiger partial charge on any atom is 0.258 e. The van der Waals surface area contributed by atoms with E-state index >= 15 is 0 Å². The van der Waals surface area contributed by atoms with E-state index in [0.717, 1.165) is 30.5 Å². The summed E-state index contributed by atoms with van der Waals surface area (Å²) in [5.74, 6) is -0.231. The third kappa shape index (κ3) is 4.86. The highest BCUT2D eigenvalue weighted by atomic mass is 32.2. The van der Waals surface area contributed by atoms with Crippen LogP contribution < -0.4 is 4.90 Å². The van der Waals surface area contributed by atoms with Crippen LogP contribution in [0.15, 0.2) is 89.8 Å². The van der Waals surface area contributed by atoms with Crippen molar-refractivity contribution in [3.63, 3.8) is 0 Å². The monoisotopic (exact) mass is 434 g/mol. The summed E-state index contributed by atoms with van der Waals surface area (Å²) >= 11 is 0. The first-order valence-electron chi connectivity index (χ1n) is 10.6. The molecule has 1 amide bonds. The summed E-state index contributed by atoms with van der Waals surface area (Å²) in [7, 11) is -3.60. The van der Waals surface area contributed by atoms with Gasteiger partial charge >= 0.3 is 0 Å². The molecule has 3 aromatic carbocycles. The Morgan fingerprint density at radius 2 is 1.45 bits per heavy atom. The van der Waals surface area contributed by atoms with Crippen LogP contribution in [0.1, 0.15) is 35.2 Å². The fourth-order valence-corrected chi connectivity index (χ4v) is 5.42. The van der Waals surface area contributed by atoms with Crippen LogP contribution in [0, 0.1) is 0 Å². The lowest BCUT2D eigenvalue weighted by atomic mass is 10.1. The van der Waals surface area contributed by atoms with Crippen molar-refractivity contribution in [1.82, 2.24) is 4.31 Å². The third-order valence-corrected chi connectivity index (χ3v) is 7.42. The van der Waals surface area contributed by atoms with Crippen LogP contribution in [0.5, 0.6) is 0 Å². The number of carbonyl (C=O) groups is 1. The maximum atomic E-state index is 13.5. The van der Waals surface area contributed by atoms with Crippen LogP contribution in [-0.2, 0) is 16.6 Å². The Bertz CT molecular complexity index is 1130. The molecule has 0 aliphatic carbocycles. The van der Waals surface area contributed by atoms with Gasteiger partial charge in [-0.1, -0.05) is 61.0 Å².